The fourth-order valence-electron chi connectivity index (χ4n) is 4.49. The highest BCUT2D eigenvalue weighted by Gasteiger charge is 2.31. The molecular formula is C30H35ClFN3O4S. The number of nitrogens with zero attached hydrogens (tertiary/aromatic N) is 2. The second-order valence-corrected chi connectivity index (χ2v) is 11.9. The minimum absolute atomic E-state index is 0.0315. The van der Waals surface area contributed by atoms with Gasteiger partial charge in [-0.1, -0.05) is 66.2 Å². The number of hydrogen-bond acceptors (Lipinski definition) is 4. The van der Waals surface area contributed by atoms with Gasteiger partial charge in [0.2, 0.25) is 21.8 Å². The highest BCUT2D eigenvalue weighted by molar-refractivity contribution is 7.92. The van der Waals surface area contributed by atoms with Gasteiger partial charge in [0.05, 0.1) is 11.9 Å². The third-order valence-corrected chi connectivity index (χ3v) is 7.93. The maximum atomic E-state index is 14.7. The molecule has 0 aromatic heterocycles. The summed E-state index contributed by atoms with van der Waals surface area (Å²) in [6.07, 6.45) is 1.47. The Bertz CT molecular complexity index is 1420. The van der Waals surface area contributed by atoms with E-state index in [1.165, 1.54) is 15.3 Å². The summed E-state index contributed by atoms with van der Waals surface area (Å²) >= 11 is 6.13. The van der Waals surface area contributed by atoms with Gasteiger partial charge >= 0.3 is 0 Å². The van der Waals surface area contributed by atoms with Crippen molar-refractivity contribution in [3.05, 3.63) is 100 Å². The highest BCUT2D eigenvalue weighted by Crippen LogP contribution is 2.27. The number of amides is 2. The summed E-state index contributed by atoms with van der Waals surface area (Å²) in [5.41, 5.74) is 2.30. The summed E-state index contributed by atoms with van der Waals surface area (Å²) in [5, 5.41) is 3.20. The van der Waals surface area contributed by atoms with Crippen molar-refractivity contribution in [1.82, 2.24) is 10.2 Å². The van der Waals surface area contributed by atoms with Crippen LogP contribution in [0.3, 0.4) is 0 Å². The summed E-state index contributed by atoms with van der Waals surface area (Å²) < 4.78 is 41.2. The van der Waals surface area contributed by atoms with Gasteiger partial charge in [-0.3, -0.25) is 13.9 Å². The molecule has 0 spiro atoms. The molecule has 3 aromatic carbocycles. The Labute approximate surface area is 241 Å². The van der Waals surface area contributed by atoms with Crippen LogP contribution in [0.2, 0.25) is 5.02 Å². The molecule has 0 saturated heterocycles. The summed E-state index contributed by atoms with van der Waals surface area (Å²) in [6, 6.07) is 19.5. The van der Waals surface area contributed by atoms with E-state index in [0.29, 0.717) is 17.3 Å². The van der Waals surface area contributed by atoms with E-state index >= 15 is 0 Å². The molecule has 0 saturated carbocycles. The number of hydrogen-bond donors (Lipinski definition) is 1. The average molecular weight is 588 g/mol. The Hall–Kier alpha value is -3.43. The summed E-state index contributed by atoms with van der Waals surface area (Å²) in [6.45, 7) is 3.87. The topological polar surface area (TPSA) is 86.8 Å². The molecule has 0 fully saturated rings. The van der Waals surface area contributed by atoms with Crippen molar-refractivity contribution < 1.29 is 22.4 Å². The number of aryl methyl sites for hydroxylation is 1. The van der Waals surface area contributed by atoms with Crippen molar-refractivity contribution in [2.24, 2.45) is 0 Å². The molecule has 0 aliphatic rings. The van der Waals surface area contributed by atoms with E-state index in [2.05, 4.69) is 5.32 Å². The lowest BCUT2D eigenvalue weighted by Gasteiger charge is -2.32. The zero-order valence-corrected chi connectivity index (χ0v) is 24.5. The molecule has 40 heavy (non-hydrogen) atoms. The number of rotatable bonds is 13. The first kappa shape index (κ1) is 31.1. The second-order valence-electron chi connectivity index (χ2n) is 9.58. The zero-order valence-electron chi connectivity index (χ0n) is 22.9. The molecule has 0 radical (unpaired) electrons. The number of nitrogens with one attached hydrogen (secondary N) is 1. The maximum absolute atomic E-state index is 14.7. The molecule has 0 heterocycles. The van der Waals surface area contributed by atoms with Crippen molar-refractivity contribution >= 4 is 39.1 Å². The number of likely N-dealkylation sites (N-methyl/N-ethyl adjacent to an activating group) is 1. The lowest BCUT2D eigenvalue weighted by atomic mass is 10.0. The van der Waals surface area contributed by atoms with Crippen LogP contribution in [0.15, 0.2) is 72.8 Å². The molecule has 10 heteroatoms. The van der Waals surface area contributed by atoms with Crippen molar-refractivity contribution in [3.8, 4) is 0 Å². The first-order chi connectivity index (χ1) is 19.0. The molecule has 214 valence electrons. The zero-order chi connectivity index (χ0) is 29.3. The predicted octanol–water partition coefficient (Wildman–Crippen LogP) is 5.11. The molecule has 0 aliphatic carbocycles. The number of halogens is 2. The standard InChI is InChI=1S/C30H35ClFN3O4S/c1-4-33-30(37)28(19-23-11-6-5-7-12-23)34(21-24-13-8-9-14-26(24)32)29(36)15-10-18-35(40(3,38)39)27-20-25(31)17-16-22(27)2/h5-9,11-14,16-17,20,28H,4,10,15,18-19,21H2,1-3H3,(H,33,37)/t28-/m0/s1. The van der Waals surface area contributed by atoms with E-state index in [9.17, 15) is 22.4 Å². The van der Waals surface area contributed by atoms with Crippen LogP contribution in [0.25, 0.3) is 0 Å². The van der Waals surface area contributed by atoms with E-state index in [4.69, 9.17) is 11.6 Å². The van der Waals surface area contributed by atoms with Gasteiger partial charge in [0.1, 0.15) is 11.9 Å². The third kappa shape index (κ3) is 8.53. The lowest BCUT2D eigenvalue weighted by molar-refractivity contribution is -0.141. The molecular weight excluding hydrogens is 553 g/mol. The van der Waals surface area contributed by atoms with Crippen LogP contribution in [-0.2, 0) is 32.6 Å². The molecule has 3 rings (SSSR count). The van der Waals surface area contributed by atoms with Gasteiger partial charge < -0.3 is 10.2 Å². The first-order valence-corrected chi connectivity index (χ1v) is 15.3. The first-order valence-electron chi connectivity index (χ1n) is 13.1. The summed E-state index contributed by atoms with van der Waals surface area (Å²) in [4.78, 5) is 28.4. The minimum atomic E-state index is -3.67. The molecule has 0 aliphatic heterocycles. The molecule has 2 amide bonds. The number of benzene rings is 3. The van der Waals surface area contributed by atoms with Crippen LogP contribution >= 0.6 is 11.6 Å². The van der Waals surface area contributed by atoms with Crippen LogP contribution in [-0.4, -0.2) is 50.5 Å². The number of carbonyl (C=O) groups excluding carboxylic acids is 2. The fourth-order valence-corrected chi connectivity index (χ4v) is 5.67. The largest absolute Gasteiger partial charge is 0.355 e. The van der Waals surface area contributed by atoms with Gasteiger partial charge in [0.15, 0.2) is 0 Å². The Morgan fingerprint density at radius 1 is 1.02 bits per heavy atom. The molecule has 1 N–H and O–H groups in total. The van der Waals surface area contributed by atoms with Crippen molar-refractivity contribution in [1.29, 1.82) is 0 Å². The van der Waals surface area contributed by atoms with Gasteiger partial charge in [0, 0.05) is 43.1 Å². The Kier molecular flexibility index (Phi) is 11.1. The fraction of sp³-hybridized carbons (Fsp3) is 0.333. The quantitative estimate of drug-likeness (QED) is 0.301. The van der Waals surface area contributed by atoms with E-state index in [1.54, 1.807) is 50.2 Å². The summed E-state index contributed by atoms with van der Waals surface area (Å²) in [7, 11) is -3.67. The molecule has 7 nitrogen and oxygen atoms in total. The molecule has 3 aromatic rings. The normalized spacial score (nSPS) is 12.0. The van der Waals surface area contributed by atoms with Crippen molar-refractivity contribution in [2.45, 2.75) is 45.7 Å². The SMILES string of the molecule is CCNC(=O)[C@H](Cc1ccccc1)N(Cc1ccccc1F)C(=O)CCCN(c1cc(Cl)ccc1C)S(C)(=O)=O. The molecule has 0 unspecified atom stereocenters. The smallest absolute Gasteiger partial charge is 0.243 e. The monoisotopic (exact) mass is 587 g/mol. The van der Waals surface area contributed by atoms with Crippen molar-refractivity contribution in [2.75, 3.05) is 23.7 Å². The average Bonchev–Trinajstić information content (AvgIpc) is 2.91. The number of sulfonamides is 1. The summed E-state index contributed by atoms with van der Waals surface area (Å²) in [5.74, 6) is -1.20. The van der Waals surface area contributed by atoms with Crippen LogP contribution in [0.5, 0.6) is 0 Å². The Balaban J connectivity index is 1.89. The minimum Gasteiger partial charge on any atom is -0.355 e. The van der Waals surface area contributed by atoms with Crippen LogP contribution < -0.4 is 9.62 Å². The van der Waals surface area contributed by atoms with Crippen molar-refractivity contribution in [3.63, 3.8) is 0 Å². The van der Waals surface area contributed by atoms with Gasteiger partial charge in [-0.25, -0.2) is 12.8 Å². The molecule has 1 atom stereocenters. The van der Waals surface area contributed by atoms with Gasteiger partial charge in [-0.15, -0.1) is 0 Å². The predicted molar refractivity (Wildman–Crippen MR) is 157 cm³/mol. The number of anilines is 1. The van der Waals surface area contributed by atoms with Gasteiger partial charge in [-0.05, 0) is 49.6 Å². The van der Waals surface area contributed by atoms with E-state index in [1.807, 2.05) is 30.3 Å². The Morgan fingerprint density at radius 2 is 1.70 bits per heavy atom. The second kappa shape index (κ2) is 14.3. The van der Waals surface area contributed by atoms with E-state index < -0.39 is 21.9 Å². The van der Waals surface area contributed by atoms with Crippen LogP contribution in [0.4, 0.5) is 10.1 Å². The number of carbonyl (C=O) groups is 2. The lowest BCUT2D eigenvalue weighted by Crippen LogP contribution is -2.50. The van der Waals surface area contributed by atoms with Gasteiger partial charge in [0.25, 0.3) is 0 Å². The van der Waals surface area contributed by atoms with Gasteiger partial charge in [-0.2, -0.15) is 0 Å². The third-order valence-electron chi connectivity index (χ3n) is 6.51. The van der Waals surface area contributed by atoms with E-state index in [-0.39, 0.29) is 49.7 Å². The highest BCUT2D eigenvalue weighted by atomic mass is 35.5. The van der Waals surface area contributed by atoms with Crippen LogP contribution in [0.1, 0.15) is 36.5 Å². The van der Waals surface area contributed by atoms with E-state index in [0.717, 1.165) is 17.4 Å². The van der Waals surface area contributed by atoms with Crippen LogP contribution in [0, 0.1) is 12.7 Å². The maximum Gasteiger partial charge on any atom is 0.243 e. The Morgan fingerprint density at radius 3 is 2.35 bits per heavy atom. The molecule has 0 bridgehead atoms.